The van der Waals surface area contributed by atoms with E-state index in [4.69, 9.17) is 11.6 Å². The molecule has 1 amide bonds. The van der Waals surface area contributed by atoms with Gasteiger partial charge in [0.05, 0.1) is 15.5 Å². The predicted octanol–water partition coefficient (Wildman–Crippen LogP) is 5.42. The van der Waals surface area contributed by atoms with Crippen LogP contribution < -0.4 is 14.3 Å². The lowest BCUT2D eigenvalue weighted by molar-refractivity contribution is -0.114. The molecule has 202 valence electrons. The monoisotopic (exact) mass is 587 g/mol. The average molecular weight is 588 g/mol. The molecular formula is C27H23ClFN3O5S2. The number of amides is 1. The molecule has 0 aromatic heterocycles. The molecule has 0 saturated heterocycles. The second-order valence-electron chi connectivity index (χ2n) is 8.44. The fourth-order valence-electron chi connectivity index (χ4n) is 3.55. The Morgan fingerprint density at radius 1 is 0.821 bits per heavy atom. The number of rotatable bonds is 9. The van der Waals surface area contributed by atoms with Crippen LogP contribution >= 0.6 is 11.6 Å². The van der Waals surface area contributed by atoms with E-state index in [1.54, 1.807) is 37.3 Å². The highest BCUT2D eigenvalue weighted by molar-refractivity contribution is 7.93. The number of carbonyl (C=O) groups excluding carboxylic acids is 1. The topological polar surface area (TPSA) is 113 Å². The maximum Gasteiger partial charge on any atom is 0.264 e. The summed E-state index contributed by atoms with van der Waals surface area (Å²) in [6.07, 6.45) is 0. The Morgan fingerprint density at radius 2 is 1.44 bits per heavy atom. The molecule has 0 bridgehead atoms. The predicted molar refractivity (Wildman–Crippen MR) is 149 cm³/mol. The number of sulfonamides is 2. The summed E-state index contributed by atoms with van der Waals surface area (Å²) in [4.78, 5) is 12.9. The summed E-state index contributed by atoms with van der Waals surface area (Å²) in [5.74, 6) is -1.16. The number of carbonyl (C=O) groups is 1. The third kappa shape index (κ3) is 6.75. The SMILES string of the molecule is Cc1ccc(N(CC(=O)Nc2ccc(S(=O)(=O)Nc3ccc(F)cc3)cc2)S(=O)(=O)c2ccccc2)cc1Cl. The Labute approximate surface area is 231 Å². The normalized spacial score (nSPS) is 11.6. The number of anilines is 3. The average Bonchev–Trinajstić information content (AvgIpc) is 2.91. The van der Waals surface area contributed by atoms with Crippen molar-refractivity contribution in [3.05, 3.63) is 113 Å². The van der Waals surface area contributed by atoms with Gasteiger partial charge in [0, 0.05) is 16.4 Å². The summed E-state index contributed by atoms with van der Waals surface area (Å²) in [6.45, 7) is 1.21. The molecule has 8 nitrogen and oxygen atoms in total. The van der Waals surface area contributed by atoms with E-state index in [9.17, 15) is 26.0 Å². The van der Waals surface area contributed by atoms with Crippen molar-refractivity contribution in [3.8, 4) is 0 Å². The maximum absolute atomic E-state index is 13.4. The molecule has 0 saturated carbocycles. The number of nitrogens with zero attached hydrogens (tertiary/aromatic N) is 1. The van der Waals surface area contributed by atoms with Gasteiger partial charge in [-0.2, -0.15) is 0 Å². The molecule has 0 unspecified atom stereocenters. The summed E-state index contributed by atoms with van der Waals surface area (Å²) < 4.78 is 68.6. The van der Waals surface area contributed by atoms with Crippen molar-refractivity contribution in [2.45, 2.75) is 16.7 Å². The highest BCUT2D eigenvalue weighted by atomic mass is 35.5. The van der Waals surface area contributed by atoms with E-state index in [1.807, 2.05) is 0 Å². The van der Waals surface area contributed by atoms with Crippen LogP contribution in [0.2, 0.25) is 5.02 Å². The summed E-state index contributed by atoms with van der Waals surface area (Å²) in [5.41, 5.74) is 1.38. The van der Waals surface area contributed by atoms with Crippen LogP contribution in [0.4, 0.5) is 21.5 Å². The van der Waals surface area contributed by atoms with Gasteiger partial charge in [-0.1, -0.05) is 35.9 Å². The largest absolute Gasteiger partial charge is 0.325 e. The van der Waals surface area contributed by atoms with Crippen molar-refractivity contribution in [2.75, 3.05) is 20.9 Å². The Morgan fingerprint density at radius 3 is 2.05 bits per heavy atom. The molecule has 0 spiro atoms. The van der Waals surface area contributed by atoms with E-state index < -0.39 is 38.3 Å². The molecular weight excluding hydrogens is 565 g/mol. The van der Waals surface area contributed by atoms with Crippen molar-refractivity contribution in [3.63, 3.8) is 0 Å². The van der Waals surface area contributed by atoms with E-state index in [2.05, 4.69) is 10.0 Å². The Bertz CT molecular complexity index is 1700. The number of hydrogen-bond donors (Lipinski definition) is 2. The first-order valence-corrected chi connectivity index (χ1v) is 14.8. The Hall–Kier alpha value is -3.93. The molecule has 0 aliphatic heterocycles. The van der Waals surface area contributed by atoms with Gasteiger partial charge in [0.15, 0.2) is 0 Å². The molecule has 4 aromatic carbocycles. The van der Waals surface area contributed by atoms with Gasteiger partial charge in [0.25, 0.3) is 20.0 Å². The van der Waals surface area contributed by atoms with E-state index in [-0.39, 0.29) is 26.9 Å². The van der Waals surface area contributed by atoms with Crippen molar-refractivity contribution >= 4 is 54.6 Å². The quantitative estimate of drug-likeness (QED) is 0.271. The molecule has 2 N–H and O–H groups in total. The van der Waals surface area contributed by atoms with Gasteiger partial charge >= 0.3 is 0 Å². The highest BCUT2D eigenvalue weighted by Crippen LogP contribution is 2.28. The zero-order valence-corrected chi connectivity index (χ0v) is 22.9. The highest BCUT2D eigenvalue weighted by Gasteiger charge is 2.27. The Balaban J connectivity index is 1.53. The van der Waals surface area contributed by atoms with Gasteiger partial charge in [0.2, 0.25) is 5.91 Å². The van der Waals surface area contributed by atoms with Crippen molar-refractivity contribution in [1.29, 1.82) is 0 Å². The van der Waals surface area contributed by atoms with Crippen LogP contribution in [0, 0.1) is 12.7 Å². The molecule has 0 atom stereocenters. The van der Waals surface area contributed by atoms with Gasteiger partial charge in [-0.05, 0) is 85.3 Å². The number of nitrogens with one attached hydrogen (secondary N) is 2. The van der Waals surface area contributed by atoms with Crippen LogP contribution in [0.3, 0.4) is 0 Å². The maximum atomic E-state index is 13.4. The minimum atomic E-state index is -4.13. The lowest BCUT2D eigenvalue weighted by atomic mass is 10.2. The summed E-state index contributed by atoms with van der Waals surface area (Å²) in [5, 5.41) is 2.93. The smallest absolute Gasteiger partial charge is 0.264 e. The summed E-state index contributed by atoms with van der Waals surface area (Å²) >= 11 is 6.24. The van der Waals surface area contributed by atoms with Crippen molar-refractivity contribution < 1.29 is 26.0 Å². The van der Waals surface area contributed by atoms with Gasteiger partial charge in [-0.15, -0.1) is 0 Å². The van der Waals surface area contributed by atoms with Crippen LogP contribution in [0.15, 0.2) is 107 Å². The van der Waals surface area contributed by atoms with Gasteiger partial charge in [0.1, 0.15) is 12.4 Å². The minimum absolute atomic E-state index is 0.00212. The zero-order valence-electron chi connectivity index (χ0n) is 20.5. The number of hydrogen-bond acceptors (Lipinski definition) is 5. The lowest BCUT2D eigenvalue weighted by Gasteiger charge is -2.24. The van der Waals surface area contributed by atoms with E-state index in [0.29, 0.717) is 5.02 Å². The van der Waals surface area contributed by atoms with Gasteiger partial charge in [-0.25, -0.2) is 21.2 Å². The van der Waals surface area contributed by atoms with Crippen LogP contribution in [0.5, 0.6) is 0 Å². The number of halogens is 2. The van der Waals surface area contributed by atoms with Crippen molar-refractivity contribution in [1.82, 2.24) is 0 Å². The first-order valence-electron chi connectivity index (χ1n) is 11.5. The zero-order chi connectivity index (χ0) is 28.2. The third-order valence-corrected chi connectivity index (χ3v) is 9.20. The van der Waals surface area contributed by atoms with Gasteiger partial charge < -0.3 is 5.32 Å². The van der Waals surface area contributed by atoms with Crippen LogP contribution in [-0.4, -0.2) is 29.3 Å². The van der Waals surface area contributed by atoms with Crippen molar-refractivity contribution in [2.24, 2.45) is 0 Å². The van der Waals surface area contributed by atoms with Crippen LogP contribution in [0.1, 0.15) is 5.56 Å². The summed E-state index contributed by atoms with van der Waals surface area (Å²) in [7, 11) is -8.10. The molecule has 39 heavy (non-hydrogen) atoms. The molecule has 0 heterocycles. The fraction of sp³-hybridized carbons (Fsp3) is 0.0741. The van der Waals surface area contributed by atoms with E-state index in [0.717, 1.165) is 22.0 Å². The van der Waals surface area contributed by atoms with E-state index in [1.165, 1.54) is 54.6 Å². The molecule has 12 heteroatoms. The second kappa shape index (κ2) is 11.4. The van der Waals surface area contributed by atoms with Crippen LogP contribution in [-0.2, 0) is 24.8 Å². The summed E-state index contributed by atoms with van der Waals surface area (Å²) in [6, 6.07) is 22.5. The molecule has 0 aliphatic rings. The first kappa shape index (κ1) is 28.1. The molecule has 0 aliphatic carbocycles. The second-order valence-corrected chi connectivity index (χ2v) is 12.4. The molecule has 0 fully saturated rings. The standard InChI is InChI=1S/C27H23ClFN3O5S2/c1-19-7-14-23(17-26(19)28)32(39(36,37)25-5-3-2-4-6-25)18-27(33)30-21-12-15-24(16-13-21)38(34,35)31-22-10-8-20(29)9-11-22/h2-17,31H,18H2,1H3,(H,30,33). The molecule has 4 aromatic rings. The lowest BCUT2D eigenvalue weighted by Crippen LogP contribution is -2.38. The Kier molecular flexibility index (Phi) is 8.24. The van der Waals surface area contributed by atoms with Gasteiger partial charge in [-0.3, -0.25) is 13.8 Å². The van der Waals surface area contributed by atoms with E-state index >= 15 is 0 Å². The fourth-order valence-corrected chi connectivity index (χ4v) is 6.22. The minimum Gasteiger partial charge on any atom is -0.325 e. The first-order chi connectivity index (χ1) is 18.5. The number of benzene rings is 4. The third-order valence-electron chi connectivity index (χ3n) is 5.61. The number of aryl methyl sites for hydroxylation is 1. The molecule has 0 radical (unpaired) electrons. The molecule has 4 rings (SSSR count). The van der Waals surface area contributed by atoms with Crippen LogP contribution in [0.25, 0.3) is 0 Å².